The zero-order valence-electron chi connectivity index (χ0n) is 10.4. The molecule has 0 radical (unpaired) electrons. The van der Waals surface area contributed by atoms with Crippen molar-refractivity contribution in [2.45, 2.75) is 11.4 Å². The van der Waals surface area contributed by atoms with Crippen molar-refractivity contribution in [3.8, 4) is 0 Å². The van der Waals surface area contributed by atoms with Crippen LogP contribution < -0.4 is 4.72 Å². The van der Waals surface area contributed by atoms with Gasteiger partial charge in [0.2, 0.25) is 0 Å². The fourth-order valence-electron chi connectivity index (χ4n) is 1.88. The summed E-state index contributed by atoms with van der Waals surface area (Å²) in [4.78, 5) is 3.45. The molecule has 0 spiro atoms. The highest BCUT2D eigenvalue weighted by Gasteiger charge is 2.13. The number of H-pyrrole nitrogens is 1. The van der Waals surface area contributed by atoms with Crippen LogP contribution in [-0.4, -0.2) is 19.0 Å². The number of hydrogen-bond acceptors (Lipinski definition) is 2. The quantitative estimate of drug-likeness (QED) is 0.768. The van der Waals surface area contributed by atoms with Gasteiger partial charge in [-0.05, 0) is 12.1 Å². The van der Waals surface area contributed by atoms with Crippen molar-refractivity contribution in [3.63, 3.8) is 0 Å². The Bertz CT molecular complexity index is 817. The molecular formula is C12H9ClF2N4OS. The number of aromatic nitrogens is 3. The third kappa shape index (κ3) is 2.77. The Morgan fingerprint density at radius 1 is 1.38 bits per heavy atom. The van der Waals surface area contributed by atoms with E-state index in [1.165, 1.54) is 6.07 Å². The molecule has 0 aliphatic carbocycles. The first-order valence-corrected chi connectivity index (χ1v) is 7.36. The van der Waals surface area contributed by atoms with Gasteiger partial charge in [-0.1, -0.05) is 17.7 Å². The van der Waals surface area contributed by atoms with E-state index in [0.717, 1.165) is 17.1 Å². The number of aromatic amines is 1. The fourth-order valence-corrected chi connectivity index (χ4v) is 3.00. The summed E-state index contributed by atoms with van der Waals surface area (Å²) in [5.41, 5.74) is 0.741. The second-order valence-corrected chi connectivity index (χ2v) is 5.79. The molecule has 0 aliphatic heterocycles. The molecule has 3 aromatic rings. The van der Waals surface area contributed by atoms with Gasteiger partial charge in [0.05, 0.1) is 4.90 Å². The molecule has 21 heavy (non-hydrogen) atoms. The van der Waals surface area contributed by atoms with Crippen molar-refractivity contribution >= 4 is 39.3 Å². The van der Waals surface area contributed by atoms with Crippen LogP contribution in [0.5, 0.6) is 0 Å². The molecule has 110 valence electrons. The first kappa shape index (κ1) is 14.0. The van der Waals surface area contributed by atoms with Crippen LogP contribution in [0.2, 0.25) is 5.02 Å². The van der Waals surface area contributed by atoms with Crippen molar-refractivity contribution < 1.29 is 13.0 Å². The highest BCUT2D eigenvalue weighted by molar-refractivity contribution is 7.86. The summed E-state index contributed by atoms with van der Waals surface area (Å²) >= 11 is 5.87. The van der Waals surface area contributed by atoms with Gasteiger partial charge in [0, 0.05) is 34.4 Å². The van der Waals surface area contributed by atoms with Crippen molar-refractivity contribution in [2.24, 2.45) is 0 Å². The number of fused-ring (bicyclic) bond motifs is 1. The maximum atomic E-state index is 12.4. The Labute approximate surface area is 125 Å². The number of anilines is 1. The lowest BCUT2D eigenvalue weighted by molar-refractivity contribution is 0.0569. The second kappa shape index (κ2) is 5.45. The predicted octanol–water partition coefficient (Wildman–Crippen LogP) is 3.55. The van der Waals surface area contributed by atoms with Crippen LogP contribution in [-0.2, 0) is 11.0 Å². The van der Waals surface area contributed by atoms with Gasteiger partial charge in [0.25, 0.3) is 0 Å². The number of hydrogen-bond donors (Lipinski definition) is 2. The van der Waals surface area contributed by atoms with Crippen LogP contribution in [0.15, 0.2) is 41.6 Å². The molecule has 1 atom stereocenters. The van der Waals surface area contributed by atoms with Crippen molar-refractivity contribution in [3.05, 3.63) is 41.7 Å². The summed E-state index contributed by atoms with van der Waals surface area (Å²) < 4.78 is 40.2. The van der Waals surface area contributed by atoms with E-state index in [4.69, 9.17) is 11.6 Å². The molecule has 0 saturated carbocycles. The zero-order chi connectivity index (χ0) is 15.0. The largest absolute Gasteiger partial charge is 0.360 e. The first-order chi connectivity index (χ1) is 10.0. The van der Waals surface area contributed by atoms with E-state index in [1.54, 1.807) is 24.4 Å². The minimum absolute atomic E-state index is 0.108. The fraction of sp³-hybridized carbons (Fsp3) is 0.0833. The molecule has 0 amide bonds. The minimum Gasteiger partial charge on any atom is -0.360 e. The van der Waals surface area contributed by atoms with E-state index < -0.39 is 17.5 Å². The average molecular weight is 331 g/mol. The molecule has 3 rings (SSSR count). The van der Waals surface area contributed by atoms with Gasteiger partial charge >= 0.3 is 6.55 Å². The maximum absolute atomic E-state index is 12.4. The Kier molecular flexibility index (Phi) is 3.64. The van der Waals surface area contributed by atoms with Gasteiger partial charge in [0.1, 0.15) is 0 Å². The van der Waals surface area contributed by atoms with Gasteiger partial charge in [-0.3, -0.25) is 4.72 Å². The smallest absolute Gasteiger partial charge is 0.333 e. The normalized spacial score (nSPS) is 13.0. The number of halogens is 3. The molecule has 0 fully saturated rings. The summed E-state index contributed by atoms with van der Waals surface area (Å²) in [7, 11) is -1.63. The number of nitrogens with zero attached hydrogens (tertiary/aromatic N) is 2. The highest BCUT2D eigenvalue weighted by Crippen LogP contribution is 2.25. The average Bonchev–Trinajstić information content (AvgIpc) is 3.04. The van der Waals surface area contributed by atoms with Gasteiger partial charge < -0.3 is 4.98 Å². The summed E-state index contributed by atoms with van der Waals surface area (Å²) in [5.74, 6) is 0.108. The third-order valence-electron chi connectivity index (χ3n) is 2.81. The molecule has 5 nitrogen and oxygen atoms in total. The third-order valence-corrected chi connectivity index (χ3v) is 4.18. The molecule has 2 aromatic heterocycles. The monoisotopic (exact) mass is 330 g/mol. The van der Waals surface area contributed by atoms with E-state index in [0.29, 0.717) is 14.6 Å². The standard InChI is InChI=1S/C12H9ClF2N4OS/c13-7-1-2-8-9(5-7)16-6-10(8)21(20)18-11-3-4-19(17-11)12(14)15/h1-6,12,16H,(H,17,18). The predicted molar refractivity (Wildman–Crippen MR) is 76.8 cm³/mol. The molecule has 0 aliphatic rings. The lowest BCUT2D eigenvalue weighted by Gasteiger charge is -2.02. The lowest BCUT2D eigenvalue weighted by atomic mass is 10.2. The molecule has 1 unspecified atom stereocenters. The van der Waals surface area contributed by atoms with E-state index in [1.807, 2.05) is 0 Å². The highest BCUT2D eigenvalue weighted by atomic mass is 35.5. The molecule has 2 N–H and O–H groups in total. The molecule has 1 aromatic carbocycles. The number of nitrogens with one attached hydrogen (secondary N) is 2. The topological polar surface area (TPSA) is 62.7 Å². The Balaban J connectivity index is 1.86. The first-order valence-electron chi connectivity index (χ1n) is 5.83. The van der Waals surface area contributed by atoms with E-state index in [2.05, 4.69) is 14.8 Å². The summed E-state index contributed by atoms with van der Waals surface area (Å²) in [6.07, 6.45) is 2.69. The van der Waals surface area contributed by atoms with E-state index >= 15 is 0 Å². The van der Waals surface area contributed by atoms with Gasteiger partial charge in [-0.25, -0.2) is 8.89 Å². The number of rotatable bonds is 4. The number of alkyl halides is 2. The Hall–Kier alpha value is -1.93. The SMILES string of the molecule is O=S(Nc1ccn(C(F)F)n1)c1c[nH]c2cc(Cl)ccc12. The van der Waals surface area contributed by atoms with Crippen LogP contribution in [0.4, 0.5) is 14.6 Å². The van der Waals surface area contributed by atoms with Crippen molar-refractivity contribution in [2.75, 3.05) is 4.72 Å². The molecule has 2 heterocycles. The summed E-state index contributed by atoms with van der Waals surface area (Å²) in [6.45, 7) is -2.73. The minimum atomic E-state index is -2.73. The maximum Gasteiger partial charge on any atom is 0.333 e. The lowest BCUT2D eigenvalue weighted by Crippen LogP contribution is -2.06. The van der Waals surface area contributed by atoms with Gasteiger partial charge in [-0.15, -0.1) is 5.10 Å². The van der Waals surface area contributed by atoms with Crippen LogP contribution in [0.3, 0.4) is 0 Å². The van der Waals surface area contributed by atoms with Crippen LogP contribution >= 0.6 is 11.6 Å². The van der Waals surface area contributed by atoms with Crippen LogP contribution in [0.1, 0.15) is 6.55 Å². The second-order valence-electron chi connectivity index (χ2n) is 4.17. The van der Waals surface area contributed by atoms with Crippen molar-refractivity contribution in [1.82, 2.24) is 14.8 Å². The van der Waals surface area contributed by atoms with Crippen molar-refractivity contribution in [1.29, 1.82) is 0 Å². The zero-order valence-corrected chi connectivity index (χ0v) is 12.0. The van der Waals surface area contributed by atoms with E-state index in [9.17, 15) is 13.0 Å². The molecule has 0 saturated heterocycles. The molecule has 9 heteroatoms. The number of benzene rings is 1. The van der Waals surface area contributed by atoms with Gasteiger partial charge in [-0.2, -0.15) is 8.78 Å². The molecular weight excluding hydrogens is 322 g/mol. The van der Waals surface area contributed by atoms with Crippen LogP contribution in [0.25, 0.3) is 10.9 Å². The molecule has 0 bridgehead atoms. The Morgan fingerprint density at radius 3 is 2.90 bits per heavy atom. The Morgan fingerprint density at radius 2 is 2.19 bits per heavy atom. The van der Waals surface area contributed by atoms with Crippen LogP contribution in [0, 0.1) is 0 Å². The summed E-state index contributed by atoms with van der Waals surface area (Å²) in [6, 6.07) is 6.46. The van der Waals surface area contributed by atoms with E-state index in [-0.39, 0.29) is 5.82 Å². The summed E-state index contributed by atoms with van der Waals surface area (Å²) in [5, 5.41) is 4.88. The van der Waals surface area contributed by atoms with Gasteiger partial charge in [0.15, 0.2) is 16.8 Å².